The van der Waals surface area contributed by atoms with Crippen LogP contribution in [0.15, 0.2) is 158 Å². The third-order valence-electron chi connectivity index (χ3n) is 9.86. The van der Waals surface area contributed by atoms with Crippen LogP contribution in [-0.4, -0.2) is 14.5 Å². The number of aromatic nitrogens is 3. The summed E-state index contributed by atoms with van der Waals surface area (Å²) < 4.78 is 2.29. The van der Waals surface area contributed by atoms with Gasteiger partial charge in [-0.3, -0.25) is 9.97 Å². The third kappa shape index (κ3) is 4.03. The Balaban J connectivity index is 1.32. The molecule has 3 heterocycles. The topological polar surface area (TPSA) is 54.5 Å². The number of para-hydroxylation sites is 1. The van der Waals surface area contributed by atoms with Gasteiger partial charge in [-0.2, -0.15) is 5.26 Å². The summed E-state index contributed by atoms with van der Waals surface area (Å²) in [5, 5.41) is 18.9. The van der Waals surface area contributed by atoms with E-state index in [0.717, 1.165) is 60.4 Å². The van der Waals surface area contributed by atoms with Crippen molar-refractivity contribution in [2.75, 3.05) is 0 Å². The van der Waals surface area contributed by atoms with E-state index in [1.165, 1.54) is 32.7 Å². The first-order chi connectivity index (χ1) is 24.3. The van der Waals surface area contributed by atoms with Crippen molar-refractivity contribution in [2.45, 2.75) is 0 Å². The van der Waals surface area contributed by atoms with Crippen LogP contribution in [0.2, 0.25) is 0 Å². The maximum absolute atomic E-state index is 9.84. The molecule has 226 valence electrons. The van der Waals surface area contributed by atoms with E-state index in [2.05, 4.69) is 126 Å². The number of pyridine rings is 2. The minimum absolute atomic E-state index is 0.651. The maximum Gasteiger partial charge on any atom is 0.0991 e. The fourth-order valence-corrected chi connectivity index (χ4v) is 7.82. The predicted octanol–water partition coefficient (Wildman–Crippen LogP) is 11.4. The lowest BCUT2D eigenvalue weighted by Crippen LogP contribution is -1.94. The molecule has 0 spiro atoms. The molecule has 0 fully saturated rings. The number of hydrogen-bond acceptors (Lipinski definition) is 3. The molecule has 3 aromatic heterocycles. The van der Waals surface area contributed by atoms with E-state index in [-0.39, 0.29) is 0 Å². The summed E-state index contributed by atoms with van der Waals surface area (Å²) in [7, 11) is 0. The molecule has 0 saturated carbocycles. The lowest BCUT2D eigenvalue weighted by Gasteiger charge is -2.19. The highest BCUT2D eigenvalue weighted by Gasteiger charge is 2.21. The van der Waals surface area contributed by atoms with Crippen molar-refractivity contribution in [1.29, 1.82) is 5.26 Å². The van der Waals surface area contributed by atoms with Crippen LogP contribution >= 0.6 is 0 Å². The monoisotopic (exact) mass is 622 g/mol. The fourth-order valence-electron chi connectivity index (χ4n) is 7.82. The SMILES string of the molecule is N#Cc1ccc2c(c1)c1cc(-c3c4ccccc4c(-c4cc5cccnc5c5ncccc45)c4ccccc34)ccc1n2-c1ccccc1. The third-order valence-corrected chi connectivity index (χ3v) is 9.86. The van der Waals surface area contributed by atoms with E-state index in [0.29, 0.717) is 5.56 Å². The molecule has 10 rings (SSSR count). The van der Waals surface area contributed by atoms with Crippen LogP contribution in [-0.2, 0) is 0 Å². The number of nitriles is 1. The molecule has 0 atom stereocenters. The normalized spacial score (nSPS) is 11.7. The summed E-state index contributed by atoms with van der Waals surface area (Å²) in [4.78, 5) is 9.55. The molecule has 0 saturated heterocycles. The Labute approximate surface area is 281 Å². The van der Waals surface area contributed by atoms with E-state index in [1.807, 2.05) is 42.7 Å². The molecule has 10 aromatic rings. The van der Waals surface area contributed by atoms with Crippen molar-refractivity contribution in [1.82, 2.24) is 14.5 Å². The molecule has 0 unspecified atom stereocenters. The molecule has 0 aliphatic carbocycles. The molecule has 0 aliphatic heterocycles. The average molecular weight is 623 g/mol. The zero-order chi connectivity index (χ0) is 32.5. The van der Waals surface area contributed by atoms with Crippen LogP contribution < -0.4 is 0 Å². The molecular weight excluding hydrogens is 597 g/mol. The van der Waals surface area contributed by atoms with Crippen molar-refractivity contribution in [3.05, 3.63) is 164 Å². The van der Waals surface area contributed by atoms with Crippen LogP contribution in [0.25, 0.3) is 93.1 Å². The minimum atomic E-state index is 0.651. The van der Waals surface area contributed by atoms with Gasteiger partial charge in [0.15, 0.2) is 0 Å². The molecule has 0 bridgehead atoms. The molecule has 4 heteroatoms. The first-order valence-electron chi connectivity index (χ1n) is 16.4. The maximum atomic E-state index is 9.84. The first kappa shape index (κ1) is 27.3. The zero-order valence-corrected chi connectivity index (χ0v) is 26.3. The molecule has 0 amide bonds. The van der Waals surface area contributed by atoms with Crippen LogP contribution in [0.5, 0.6) is 0 Å². The van der Waals surface area contributed by atoms with Gasteiger partial charge in [0.25, 0.3) is 0 Å². The number of rotatable bonds is 3. The highest BCUT2D eigenvalue weighted by Crippen LogP contribution is 2.47. The fraction of sp³-hybridized carbons (Fsp3) is 0. The Bertz CT molecular complexity index is 2950. The van der Waals surface area contributed by atoms with Gasteiger partial charge in [0, 0.05) is 39.6 Å². The summed E-state index contributed by atoms with van der Waals surface area (Å²) in [5.74, 6) is 0. The van der Waals surface area contributed by atoms with Crippen LogP contribution in [0.3, 0.4) is 0 Å². The van der Waals surface area contributed by atoms with E-state index in [9.17, 15) is 5.26 Å². The van der Waals surface area contributed by atoms with Gasteiger partial charge in [-0.1, -0.05) is 84.9 Å². The highest BCUT2D eigenvalue weighted by atomic mass is 15.0. The average Bonchev–Trinajstić information content (AvgIpc) is 3.50. The molecule has 49 heavy (non-hydrogen) atoms. The molecule has 7 aromatic carbocycles. The second-order valence-corrected chi connectivity index (χ2v) is 12.5. The molecular formula is C45H26N4. The number of hydrogen-bond donors (Lipinski definition) is 0. The minimum Gasteiger partial charge on any atom is -0.309 e. The van der Waals surface area contributed by atoms with Crippen molar-refractivity contribution in [3.63, 3.8) is 0 Å². The van der Waals surface area contributed by atoms with Gasteiger partial charge in [-0.25, -0.2) is 0 Å². The highest BCUT2D eigenvalue weighted by molar-refractivity contribution is 6.25. The van der Waals surface area contributed by atoms with Crippen molar-refractivity contribution in [2.24, 2.45) is 0 Å². The number of nitrogens with zero attached hydrogens (tertiary/aromatic N) is 4. The largest absolute Gasteiger partial charge is 0.309 e. The smallest absolute Gasteiger partial charge is 0.0991 e. The first-order valence-corrected chi connectivity index (χ1v) is 16.4. The quantitative estimate of drug-likeness (QED) is 0.145. The van der Waals surface area contributed by atoms with Crippen molar-refractivity contribution in [3.8, 4) is 34.0 Å². The standard InChI is InChI=1S/C45H26N4/c46-27-28-18-20-40-37(24-28)38-25-29(19-21-41(38)49(40)31-11-2-1-3-12-31)42-32-13-4-6-15-34(32)43(35-16-7-5-14-33(35)42)39-26-30-10-8-22-47-44(30)45-36(39)17-9-23-48-45/h1-26H. The van der Waals surface area contributed by atoms with Gasteiger partial charge in [0.1, 0.15) is 0 Å². The Morgan fingerprint density at radius 2 is 1.06 bits per heavy atom. The molecule has 0 aliphatic rings. The number of fused-ring (bicyclic) bond motifs is 8. The van der Waals surface area contributed by atoms with E-state index >= 15 is 0 Å². The summed E-state index contributed by atoms with van der Waals surface area (Å²) >= 11 is 0. The Kier molecular flexibility index (Phi) is 5.90. The summed E-state index contributed by atoms with van der Waals surface area (Å²) in [5.41, 5.74) is 10.4. The van der Waals surface area contributed by atoms with E-state index < -0.39 is 0 Å². The lowest BCUT2D eigenvalue weighted by atomic mass is 9.84. The van der Waals surface area contributed by atoms with Crippen LogP contribution in [0, 0.1) is 11.3 Å². The molecule has 0 N–H and O–H groups in total. The second-order valence-electron chi connectivity index (χ2n) is 12.5. The molecule has 4 nitrogen and oxygen atoms in total. The van der Waals surface area contributed by atoms with Gasteiger partial charge in [0.05, 0.1) is 33.7 Å². The van der Waals surface area contributed by atoms with Gasteiger partial charge < -0.3 is 4.57 Å². The van der Waals surface area contributed by atoms with Crippen molar-refractivity contribution < 1.29 is 0 Å². The Morgan fingerprint density at radius 3 is 1.78 bits per heavy atom. The van der Waals surface area contributed by atoms with Gasteiger partial charge in [0.2, 0.25) is 0 Å². The van der Waals surface area contributed by atoms with Gasteiger partial charge >= 0.3 is 0 Å². The van der Waals surface area contributed by atoms with Crippen LogP contribution in [0.1, 0.15) is 5.56 Å². The second kappa shape index (κ2) is 10.6. The Hall–Kier alpha value is -6.83. The van der Waals surface area contributed by atoms with E-state index in [1.54, 1.807) is 0 Å². The van der Waals surface area contributed by atoms with Crippen molar-refractivity contribution >= 4 is 65.2 Å². The predicted molar refractivity (Wildman–Crippen MR) is 202 cm³/mol. The summed E-state index contributed by atoms with van der Waals surface area (Å²) in [6, 6.07) is 53.7. The Morgan fingerprint density at radius 1 is 0.469 bits per heavy atom. The molecule has 0 radical (unpaired) electrons. The van der Waals surface area contributed by atoms with Gasteiger partial charge in [-0.15, -0.1) is 0 Å². The number of benzene rings is 7. The van der Waals surface area contributed by atoms with Gasteiger partial charge in [-0.05, 0) is 104 Å². The zero-order valence-electron chi connectivity index (χ0n) is 26.3. The lowest BCUT2D eigenvalue weighted by molar-refractivity contribution is 1.18. The van der Waals surface area contributed by atoms with Crippen LogP contribution in [0.4, 0.5) is 0 Å². The summed E-state index contributed by atoms with van der Waals surface area (Å²) in [6.07, 6.45) is 3.69. The van der Waals surface area contributed by atoms with E-state index in [4.69, 9.17) is 9.97 Å². The summed E-state index contributed by atoms with van der Waals surface area (Å²) in [6.45, 7) is 0.